The Kier molecular flexibility index (Phi) is 3.23. The fraction of sp³-hybridized carbons (Fsp3) is 0.750. The highest BCUT2D eigenvalue weighted by molar-refractivity contribution is 5.00. The van der Waals surface area contributed by atoms with Crippen LogP contribution < -0.4 is 11.2 Å². The van der Waals surface area contributed by atoms with E-state index in [1.807, 2.05) is 6.08 Å². The predicted octanol–water partition coefficient (Wildman–Crippen LogP) is 0.797. The minimum atomic E-state index is 0.793. The van der Waals surface area contributed by atoms with Crippen molar-refractivity contribution < 1.29 is 0 Å². The van der Waals surface area contributed by atoms with Gasteiger partial charge in [-0.05, 0) is 12.5 Å². The molecule has 1 aliphatic heterocycles. The standard InChI is InChI=1S/C8H17N3/c1-2-3-4-6-11-7-5-8(9)10-11/h5,10H,2-4,6-7,9H2,1H3. The van der Waals surface area contributed by atoms with Crippen LogP contribution in [0.2, 0.25) is 0 Å². The number of nitrogens with two attached hydrogens (primary N) is 1. The Bertz CT molecular complexity index is 142. The first kappa shape index (κ1) is 8.40. The zero-order valence-electron chi connectivity index (χ0n) is 7.14. The van der Waals surface area contributed by atoms with E-state index >= 15 is 0 Å². The first-order valence-corrected chi connectivity index (χ1v) is 4.30. The van der Waals surface area contributed by atoms with E-state index in [9.17, 15) is 0 Å². The smallest absolute Gasteiger partial charge is 0.108 e. The summed E-state index contributed by atoms with van der Waals surface area (Å²) in [6.45, 7) is 4.27. The summed E-state index contributed by atoms with van der Waals surface area (Å²) in [5.41, 5.74) is 8.62. The zero-order chi connectivity index (χ0) is 8.10. The molecule has 0 spiro atoms. The second-order valence-electron chi connectivity index (χ2n) is 2.92. The van der Waals surface area contributed by atoms with Gasteiger partial charge in [0.1, 0.15) is 5.82 Å². The molecule has 1 heterocycles. The monoisotopic (exact) mass is 155 g/mol. The Labute approximate surface area is 68.2 Å². The molecule has 3 heteroatoms. The fourth-order valence-corrected chi connectivity index (χ4v) is 1.18. The van der Waals surface area contributed by atoms with E-state index in [1.165, 1.54) is 19.3 Å². The van der Waals surface area contributed by atoms with Crippen LogP contribution in [-0.2, 0) is 0 Å². The van der Waals surface area contributed by atoms with Gasteiger partial charge in [-0.2, -0.15) is 0 Å². The number of hydrogen-bond acceptors (Lipinski definition) is 3. The van der Waals surface area contributed by atoms with E-state index in [-0.39, 0.29) is 0 Å². The second-order valence-corrected chi connectivity index (χ2v) is 2.92. The maximum atomic E-state index is 5.54. The highest BCUT2D eigenvalue weighted by Crippen LogP contribution is 2.00. The van der Waals surface area contributed by atoms with Gasteiger partial charge in [-0.25, -0.2) is 5.01 Å². The van der Waals surface area contributed by atoms with Crippen LogP contribution in [-0.4, -0.2) is 18.1 Å². The number of nitrogens with one attached hydrogen (secondary N) is 1. The van der Waals surface area contributed by atoms with E-state index in [0.29, 0.717) is 0 Å². The minimum Gasteiger partial charge on any atom is -0.385 e. The van der Waals surface area contributed by atoms with Gasteiger partial charge in [0.2, 0.25) is 0 Å². The van der Waals surface area contributed by atoms with Crippen LogP contribution >= 0.6 is 0 Å². The van der Waals surface area contributed by atoms with Crippen LogP contribution in [0, 0.1) is 0 Å². The van der Waals surface area contributed by atoms with E-state index in [0.717, 1.165) is 18.9 Å². The van der Waals surface area contributed by atoms with Gasteiger partial charge in [-0.3, -0.25) is 0 Å². The number of unbranched alkanes of at least 4 members (excludes halogenated alkanes) is 2. The Morgan fingerprint density at radius 3 is 3.00 bits per heavy atom. The quantitative estimate of drug-likeness (QED) is 0.590. The molecule has 0 aromatic rings. The Morgan fingerprint density at radius 2 is 2.45 bits per heavy atom. The normalized spacial score (nSPS) is 18.1. The van der Waals surface area contributed by atoms with E-state index in [1.54, 1.807) is 0 Å². The van der Waals surface area contributed by atoms with Crippen molar-refractivity contribution in [2.45, 2.75) is 26.2 Å². The molecule has 0 saturated carbocycles. The van der Waals surface area contributed by atoms with E-state index in [4.69, 9.17) is 5.73 Å². The topological polar surface area (TPSA) is 41.3 Å². The van der Waals surface area contributed by atoms with Gasteiger partial charge in [-0.15, -0.1) is 0 Å². The van der Waals surface area contributed by atoms with Crippen LogP contribution in [0.25, 0.3) is 0 Å². The molecule has 0 bridgehead atoms. The third kappa shape index (κ3) is 2.80. The second kappa shape index (κ2) is 4.23. The molecule has 0 amide bonds. The van der Waals surface area contributed by atoms with Crippen molar-refractivity contribution in [2.75, 3.05) is 13.1 Å². The largest absolute Gasteiger partial charge is 0.385 e. The van der Waals surface area contributed by atoms with Gasteiger partial charge in [0.25, 0.3) is 0 Å². The number of nitrogens with zero attached hydrogens (tertiary/aromatic N) is 1. The van der Waals surface area contributed by atoms with E-state index < -0.39 is 0 Å². The van der Waals surface area contributed by atoms with Crippen molar-refractivity contribution in [2.24, 2.45) is 5.73 Å². The summed E-state index contributed by atoms with van der Waals surface area (Å²) in [7, 11) is 0. The van der Waals surface area contributed by atoms with Gasteiger partial charge in [0.15, 0.2) is 0 Å². The van der Waals surface area contributed by atoms with Crippen molar-refractivity contribution >= 4 is 0 Å². The first-order chi connectivity index (χ1) is 5.33. The lowest BCUT2D eigenvalue weighted by Gasteiger charge is -2.15. The van der Waals surface area contributed by atoms with Crippen LogP contribution in [0.5, 0.6) is 0 Å². The zero-order valence-corrected chi connectivity index (χ0v) is 7.14. The summed E-state index contributed by atoms with van der Waals surface area (Å²) in [5.74, 6) is 0.793. The highest BCUT2D eigenvalue weighted by Gasteiger charge is 2.08. The lowest BCUT2D eigenvalue weighted by molar-refractivity contribution is 0.252. The lowest BCUT2D eigenvalue weighted by Crippen LogP contribution is -2.34. The molecule has 0 aromatic carbocycles. The molecule has 3 N–H and O–H groups in total. The summed E-state index contributed by atoms with van der Waals surface area (Å²) in [6, 6.07) is 0. The molecule has 3 nitrogen and oxygen atoms in total. The molecule has 0 unspecified atom stereocenters. The Balaban J connectivity index is 2.02. The Morgan fingerprint density at radius 1 is 1.64 bits per heavy atom. The van der Waals surface area contributed by atoms with Gasteiger partial charge in [0.05, 0.1) is 0 Å². The molecule has 0 radical (unpaired) electrons. The first-order valence-electron chi connectivity index (χ1n) is 4.30. The molecule has 0 saturated heterocycles. The van der Waals surface area contributed by atoms with Crippen molar-refractivity contribution in [3.05, 3.63) is 11.9 Å². The van der Waals surface area contributed by atoms with Crippen LogP contribution in [0.4, 0.5) is 0 Å². The van der Waals surface area contributed by atoms with Crippen LogP contribution in [0.1, 0.15) is 26.2 Å². The fourth-order valence-electron chi connectivity index (χ4n) is 1.18. The van der Waals surface area contributed by atoms with Crippen molar-refractivity contribution in [1.82, 2.24) is 10.4 Å². The molecule has 0 atom stereocenters. The third-order valence-corrected chi connectivity index (χ3v) is 1.85. The summed E-state index contributed by atoms with van der Waals surface area (Å²) >= 11 is 0. The summed E-state index contributed by atoms with van der Waals surface area (Å²) in [5, 5.41) is 2.14. The molecule has 0 fully saturated rings. The van der Waals surface area contributed by atoms with Crippen molar-refractivity contribution in [3.63, 3.8) is 0 Å². The molecular formula is C8H17N3. The van der Waals surface area contributed by atoms with Crippen LogP contribution in [0.15, 0.2) is 11.9 Å². The Hall–Kier alpha value is -0.700. The minimum absolute atomic E-state index is 0.793. The lowest BCUT2D eigenvalue weighted by atomic mass is 10.2. The van der Waals surface area contributed by atoms with Gasteiger partial charge in [-0.1, -0.05) is 19.8 Å². The van der Waals surface area contributed by atoms with Crippen LogP contribution in [0.3, 0.4) is 0 Å². The maximum Gasteiger partial charge on any atom is 0.108 e. The van der Waals surface area contributed by atoms with Gasteiger partial charge >= 0.3 is 0 Å². The molecule has 0 aliphatic carbocycles. The molecule has 1 rings (SSSR count). The molecule has 1 aliphatic rings. The highest BCUT2D eigenvalue weighted by atomic mass is 15.5. The summed E-state index contributed by atoms with van der Waals surface area (Å²) in [6.07, 6.45) is 5.84. The number of hydrazine groups is 1. The number of hydrogen-bond donors (Lipinski definition) is 2. The third-order valence-electron chi connectivity index (χ3n) is 1.85. The molecule has 64 valence electrons. The van der Waals surface area contributed by atoms with E-state index in [2.05, 4.69) is 17.4 Å². The molecule has 11 heavy (non-hydrogen) atoms. The van der Waals surface area contributed by atoms with Gasteiger partial charge < -0.3 is 11.2 Å². The molecule has 0 aromatic heterocycles. The van der Waals surface area contributed by atoms with Crippen molar-refractivity contribution in [3.8, 4) is 0 Å². The van der Waals surface area contributed by atoms with Gasteiger partial charge in [0, 0.05) is 13.1 Å². The predicted molar refractivity (Wildman–Crippen MR) is 46.5 cm³/mol. The summed E-state index contributed by atoms with van der Waals surface area (Å²) < 4.78 is 0. The molecular weight excluding hydrogens is 138 g/mol. The SMILES string of the molecule is CCCCCN1CC=C(N)N1. The average Bonchev–Trinajstić information content (AvgIpc) is 2.37. The van der Waals surface area contributed by atoms with Crippen molar-refractivity contribution in [1.29, 1.82) is 0 Å². The average molecular weight is 155 g/mol. The summed E-state index contributed by atoms with van der Waals surface area (Å²) in [4.78, 5) is 0. The number of rotatable bonds is 4. The maximum absolute atomic E-state index is 5.54.